The van der Waals surface area contributed by atoms with Crippen LogP contribution in [0.3, 0.4) is 0 Å². The van der Waals surface area contributed by atoms with Gasteiger partial charge in [-0.3, -0.25) is 14.6 Å². The number of hydrogen-bond donors (Lipinski definition) is 2. The average molecular weight is 567 g/mol. The van der Waals surface area contributed by atoms with Gasteiger partial charge >= 0.3 is 6.29 Å². The highest BCUT2D eigenvalue weighted by Crippen LogP contribution is 2.42. The molecule has 4 rings (SSSR count). The summed E-state index contributed by atoms with van der Waals surface area (Å²) in [5.74, 6) is -0.819. The molecule has 1 unspecified atom stereocenters. The second-order valence-electron chi connectivity index (χ2n) is 10.3. The molecule has 0 saturated carbocycles. The molecule has 8 nitrogen and oxygen atoms in total. The number of rotatable bonds is 13. The summed E-state index contributed by atoms with van der Waals surface area (Å²) in [6.07, 6.45) is 2.30. The minimum absolute atomic E-state index is 0.0117. The third-order valence-corrected chi connectivity index (χ3v) is 6.90. The van der Waals surface area contributed by atoms with Crippen molar-refractivity contribution in [3.63, 3.8) is 0 Å². The summed E-state index contributed by atoms with van der Waals surface area (Å²) in [5.41, 5.74) is 2.93. The Labute approximate surface area is 239 Å². The Kier molecular flexibility index (Phi) is 9.88. The van der Waals surface area contributed by atoms with Gasteiger partial charge in [0.15, 0.2) is 11.5 Å². The molecule has 10 heteroatoms. The second kappa shape index (κ2) is 13.5. The summed E-state index contributed by atoms with van der Waals surface area (Å²) in [4.78, 5) is 32.4. The van der Waals surface area contributed by atoms with Crippen LogP contribution < -0.4 is 20.1 Å². The third-order valence-electron chi connectivity index (χ3n) is 6.90. The number of nitrogens with one attached hydrogen (secondary N) is 2. The van der Waals surface area contributed by atoms with Crippen LogP contribution in [0.5, 0.6) is 11.5 Å². The lowest BCUT2D eigenvalue weighted by atomic mass is 9.86. The molecule has 3 aromatic rings. The number of unbranched alkanes of at least 4 members (excludes halogenated alkanes) is 2. The third kappa shape index (κ3) is 8.23. The van der Waals surface area contributed by atoms with Crippen LogP contribution >= 0.6 is 0 Å². The van der Waals surface area contributed by atoms with Gasteiger partial charge in [-0.2, -0.15) is 0 Å². The van der Waals surface area contributed by atoms with E-state index in [9.17, 15) is 18.4 Å². The predicted octanol–water partition coefficient (Wildman–Crippen LogP) is 5.85. The van der Waals surface area contributed by atoms with Gasteiger partial charge in [0, 0.05) is 30.1 Å². The molecule has 1 atom stereocenters. The molecule has 0 bridgehead atoms. The Balaban J connectivity index is 1.40. The number of carbonyl (C=O) groups is 2. The van der Waals surface area contributed by atoms with Crippen molar-refractivity contribution in [3.05, 3.63) is 83.2 Å². The van der Waals surface area contributed by atoms with Crippen LogP contribution in [0.4, 0.5) is 14.5 Å². The fraction of sp³-hybridized carbons (Fsp3) is 0.387. The number of amides is 2. The van der Waals surface area contributed by atoms with Crippen molar-refractivity contribution in [1.29, 1.82) is 0 Å². The zero-order chi connectivity index (χ0) is 29.4. The van der Waals surface area contributed by atoms with E-state index in [1.54, 1.807) is 24.4 Å². The normalized spacial score (nSPS) is 14.1. The summed E-state index contributed by atoms with van der Waals surface area (Å²) < 4.78 is 35.7. The maximum Gasteiger partial charge on any atom is 0.586 e. The Morgan fingerprint density at radius 1 is 0.976 bits per heavy atom. The quantitative estimate of drug-likeness (QED) is 0.252. The topological polar surface area (TPSA) is 92.8 Å². The molecule has 1 aromatic heterocycles. The SMILES string of the molecule is CCC(Cc1ccnc(C(=O)NCCCCCN(C)C)c1)c1ccccc1C(=O)Nc1ccc2c(c1)OC(F)(F)O2. The van der Waals surface area contributed by atoms with E-state index in [4.69, 9.17) is 0 Å². The van der Waals surface area contributed by atoms with Gasteiger partial charge < -0.3 is 25.0 Å². The number of benzene rings is 2. The summed E-state index contributed by atoms with van der Waals surface area (Å²) in [6, 6.07) is 15.1. The van der Waals surface area contributed by atoms with Crippen LogP contribution in [0.1, 0.15) is 70.5 Å². The van der Waals surface area contributed by atoms with Gasteiger partial charge in [-0.1, -0.05) is 31.5 Å². The van der Waals surface area contributed by atoms with E-state index >= 15 is 0 Å². The van der Waals surface area contributed by atoms with Gasteiger partial charge in [0.25, 0.3) is 11.8 Å². The van der Waals surface area contributed by atoms with Crippen molar-refractivity contribution in [1.82, 2.24) is 15.2 Å². The molecule has 2 amide bonds. The first kappa shape index (κ1) is 29.9. The molecule has 0 fully saturated rings. The molecule has 0 radical (unpaired) electrons. The van der Waals surface area contributed by atoms with E-state index in [0.717, 1.165) is 43.4 Å². The molecular formula is C31H36F2N4O4. The van der Waals surface area contributed by atoms with Gasteiger partial charge in [-0.25, -0.2) is 0 Å². The van der Waals surface area contributed by atoms with Crippen molar-refractivity contribution in [2.75, 3.05) is 32.5 Å². The Bertz CT molecular complexity index is 1370. The van der Waals surface area contributed by atoms with E-state index < -0.39 is 6.29 Å². The highest BCUT2D eigenvalue weighted by molar-refractivity contribution is 6.05. The standard InChI is InChI=1S/C31H36F2N4O4/c1-4-22(18-21-14-16-34-26(19-21)30(39)35-15-8-5-9-17-37(2)3)24-10-6-7-11-25(24)29(38)36-23-12-13-27-28(20-23)41-31(32,33)40-27/h6-7,10-14,16,19-20,22H,4-5,8-9,15,17-18H2,1-3H3,(H,35,39)(H,36,38). The van der Waals surface area contributed by atoms with Crippen molar-refractivity contribution in [2.24, 2.45) is 0 Å². The molecular weight excluding hydrogens is 530 g/mol. The molecule has 1 aliphatic heterocycles. The van der Waals surface area contributed by atoms with E-state index in [1.807, 2.05) is 39.2 Å². The van der Waals surface area contributed by atoms with Crippen molar-refractivity contribution >= 4 is 17.5 Å². The Hall–Kier alpha value is -4.05. The molecule has 0 spiro atoms. The Morgan fingerprint density at radius 3 is 2.54 bits per heavy atom. The zero-order valence-electron chi connectivity index (χ0n) is 23.6. The number of aromatic nitrogens is 1. The van der Waals surface area contributed by atoms with Crippen LogP contribution in [0.15, 0.2) is 60.8 Å². The van der Waals surface area contributed by atoms with Gasteiger partial charge in [0.05, 0.1) is 0 Å². The van der Waals surface area contributed by atoms with Gasteiger partial charge in [-0.05, 0) is 93.7 Å². The number of ether oxygens (including phenoxy) is 2. The summed E-state index contributed by atoms with van der Waals surface area (Å²) in [7, 11) is 4.09. The minimum Gasteiger partial charge on any atom is -0.395 e. The van der Waals surface area contributed by atoms with Crippen molar-refractivity contribution < 1.29 is 27.8 Å². The molecule has 2 heterocycles. The molecule has 2 N–H and O–H groups in total. The highest BCUT2D eigenvalue weighted by atomic mass is 19.3. The minimum atomic E-state index is -3.73. The first-order chi connectivity index (χ1) is 19.6. The molecule has 0 saturated heterocycles. The molecule has 2 aromatic carbocycles. The fourth-order valence-electron chi connectivity index (χ4n) is 4.79. The van der Waals surface area contributed by atoms with Gasteiger partial charge in [0.1, 0.15) is 5.69 Å². The lowest BCUT2D eigenvalue weighted by Gasteiger charge is -2.19. The monoisotopic (exact) mass is 566 g/mol. The lowest BCUT2D eigenvalue weighted by Crippen LogP contribution is -2.25. The Morgan fingerprint density at radius 2 is 1.76 bits per heavy atom. The average Bonchev–Trinajstić information content (AvgIpc) is 3.26. The number of anilines is 1. The smallest absolute Gasteiger partial charge is 0.395 e. The first-order valence-corrected chi connectivity index (χ1v) is 13.8. The van der Waals surface area contributed by atoms with E-state index in [2.05, 4.69) is 30.0 Å². The van der Waals surface area contributed by atoms with E-state index in [1.165, 1.54) is 18.2 Å². The van der Waals surface area contributed by atoms with E-state index in [0.29, 0.717) is 29.9 Å². The van der Waals surface area contributed by atoms with Gasteiger partial charge in [0.2, 0.25) is 0 Å². The molecule has 218 valence electrons. The second-order valence-corrected chi connectivity index (χ2v) is 10.3. The number of fused-ring (bicyclic) bond motifs is 1. The summed E-state index contributed by atoms with van der Waals surface area (Å²) >= 11 is 0. The fourth-order valence-corrected chi connectivity index (χ4v) is 4.79. The van der Waals surface area contributed by atoms with Crippen LogP contribution in [-0.4, -0.2) is 55.2 Å². The number of halogens is 2. The number of carbonyl (C=O) groups excluding carboxylic acids is 2. The summed E-state index contributed by atoms with van der Waals surface area (Å²) in [6.45, 7) is 3.67. The maximum atomic E-state index is 13.4. The molecule has 41 heavy (non-hydrogen) atoms. The maximum absolute atomic E-state index is 13.4. The number of hydrogen-bond acceptors (Lipinski definition) is 6. The molecule has 1 aliphatic rings. The zero-order valence-corrected chi connectivity index (χ0v) is 23.6. The van der Waals surface area contributed by atoms with Crippen LogP contribution in [-0.2, 0) is 6.42 Å². The van der Waals surface area contributed by atoms with E-state index in [-0.39, 0.29) is 29.2 Å². The number of pyridine rings is 1. The molecule has 0 aliphatic carbocycles. The largest absolute Gasteiger partial charge is 0.586 e. The first-order valence-electron chi connectivity index (χ1n) is 13.8. The van der Waals surface area contributed by atoms with Crippen LogP contribution in [0.25, 0.3) is 0 Å². The van der Waals surface area contributed by atoms with Crippen LogP contribution in [0.2, 0.25) is 0 Å². The van der Waals surface area contributed by atoms with Crippen LogP contribution in [0, 0.1) is 0 Å². The van der Waals surface area contributed by atoms with Crippen molar-refractivity contribution in [3.8, 4) is 11.5 Å². The lowest BCUT2D eigenvalue weighted by molar-refractivity contribution is -0.286. The highest BCUT2D eigenvalue weighted by Gasteiger charge is 2.43. The number of nitrogens with zero attached hydrogens (tertiary/aromatic N) is 2. The predicted molar refractivity (Wildman–Crippen MR) is 153 cm³/mol. The van der Waals surface area contributed by atoms with Gasteiger partial charge in [-0.15, -0.1) is 8.78 Å². The summed E-state index contributed by atoms with van der Waals surface area (Å²) in [5, 5.41) is 5.73. The number of alkyl halides is 2. The van der Waals surface area contributed by atoms with Crippen molar-refractivity contribution in [2.45, 2.75) is 51.2 Å².